The first-order valence-electron chi connectivity index (χ1n) is 10.7. The maximum Gasteiger partial charge on any atom is 0.409 e. The molecule has 2 aliphatic heterocycles. The first-order valence-corrected chi connectivity index (χ1v) is 10.7. The standard InChI is InChI=1S/C22H29N5O3/c1-2-30-22(29)26-14-12-25(13-15-26)17-6-5-11-27(16-17)21(28)19-8-4-3-7-18(19)20-23-9-10-24-20/h3-4,7-10,17H,2,5-6,11-16H2,1H3,(H,23,24). The van der Waals surface area contributed by atoms with Crippen molar-refractivity contribution in [2.24, 2.45) is 0 Å². The number of hydrogen-bond acceptors (Lipinski definition) is 5. The molecule has 1 aromatic carbocycles. The van der Waals surface area contributed by atoms with Crippen LogP contribution in [-0.2, 0) is 4.74 Å². The van der Waals surface area contributed by atoms with Crippen molar-refractivity contribution in [1.29, 1.82) is 0 Å². The first kappa shape index (κ1) is 20.4. The van der Waals surface area contributed by atoms with E-state index in [0.29, 0.717) is 43.7 Å². The SMILES string of the molecule is CCOC(=O)N1CCN(C2CCCN(C(=O)c3ccccc3-c3ncc[nH]3)C2)CC1. The summed E-state index contributed by atoms with van der Waals surface area (Å²) >= 11 is 0. The van der Waals surface area contributed by atoms with E-state index in [1.807, 2.05) is 36.1 Å². The zero-order valence-electron chi connectivity index (χ0n) is 17.4. The van der Waals surface area contributed by atoms with Gasteiger partial charge in [0.25, 0.3) is 5.91 Å². The maximum atomic E-state index is 13.4. The predicted octanol–water partition coefficient (Wildman–Crippen LogP) is 2.46. The third-order valence-corrected chi connectivity index (χ3v) is 5.95. The van der Waals surface area contributed by atoms with Gasteiger partial charge in [-0.25, -0.2) is 9.78 Å². The number of rotatable bonds is 4. The lowest BCUT2D eigenvalue weighted by molar-refractivity contribution is 0.0378. The quantitative estimate of drug-likeness (QED) is 0.836. The second-order valence-electron chi connectivity index (χ2n) is 7.75. The molecular formula is C22H29N5O3. The van der Waals surface area contributed by atoms with Gasteiger partial charge in [-0.15, -0.1) is 0 Å². The molecule has 2 saturated heterocycles. The highest BCUT2D eigenvalue weighted by molar-refractivity contribution is 6.00. The molecule has 2 aromatic rings. The van der Waals surface area contributed by atoms with Crippen molar-refractivity contribution in [2.75, 3.05) is 45.9 Å². The monoisotopic (exact) mass is 411 g/mol. The number of aromatic amines is 1. The topological polar surface area (TPSA) is 81.8 Å². The predicted molar refractivity (Wildman–Crippen MR) is 113 cm³/mol. The van der Waals surface area contributed by atoms with Gasteiger partial charge in [0.1, 0.15) is 5.82 Å². The molecule has 8 nitrogen and oxygen atoms in total. The Balaban J connectivity index is 1.41. The average molecular weight is 412 g/mol. The molecule has 1 atom stereocenters. The van der Waals surface area contributed by atoms with Crippen molar-refractivity contribution in [3.05, 3.63) is 42.2 Å². The van der Waals surface area contributed by atoms with Crippen LogP contribution in [0.5, 0.6) is 0 Å². The molecule has 0 aliphatic carbocycles. The Morgan fingerprint density at radius 3 is 2.67 bits per heavy atom. The van der Waals surface area contributed by atoms with Crippen molar-refractivity contribution in [2.45, 2.75) is 25.8 Å². The summed E-state index contributed by atoms with van der Waals surface area (Å²) in [6.45, 7) is 6.68. The van der Waals surface area contributed by atoms with Crippen molar-refractivity contribution in [1.82, 2.24) is 24.7 Å². The van der Waals surface area contributed by atoms with Gasteiger partial charge in [0.2, 0.25) is 0 Å². The van der Waals surface area contributed by atoms with E-state index in [1.165, 1.54) is 0 Å². The van der Waals surface area contributed by atoms with Crippen LogP contribution in [0.2, 0.25) is 0 Å². The van der Waals surface area contributed by atoms with Crippen molar-refractivity contribution >= 4 is 12.0 Å². The molecule has 0 saturated carbocycles. The molecule has 2 amide bonds. The summed E-state index contributed by atoms with van der Waals surface area (Å²) in [6, 6.07) is 7.96. The van der Waals surface area contributed by atoms with E-state index in [-0.39, 0.29) is 12.0 Å². The molecule has 1 N–H and O–H groups in total. The van der Waals surface area contributed by atoms with Gasteiger partial charge in [-0.3, -0.25) is 9.69 Å². The fourth-order valence-electron chi connectivity index (χ4n) is 4.38. The molecule has 2 fully saturated rings. The molecular weight excluding hydrogens is 382 g/mol. The van der Waals surface area contributed by atoms with E-state index in [9.17, 15) is 9.59 Å². The van der Waals surface area contributed by atoms with Gasteiger partial charge in [-0.1, -0.05) is 18.2 Å². The summed E-state index contributed by atoms with van der Waals surface area (Å²) in [4.78, 5) is 38.9. The highest BCUT2D eigenvalue weighted by Crippen LogP contribution is 2.24. The normalized spacial score (nSPS) is 20.2. The molecule has 160 valence electrons. The van der Waals surface area contributed by atoms with Gasteiger partial charge in [-0.2, -0.15) is 0 Å². The van der Waals surface area contributed by atoms with Crippen LogP contribution >= 0.6 is 0 Å². The van der Waals surface area contributed by atoms with Crippen molar-refractivity contribution in [3.8, 4) is 11.4 Å². The Bertz CT molecular complexity index is 861. The molecule has 2 aliphatic rings. The number of likely N-dealkylation sites (tertiary alicyclic amines) is 1. The first-order chi connectivity index (χ1) is 14.7. The highest BCUT2D eigenvalue weighted by atomic mass is 16.6. The summed E-state index contributed by atoms with van der Waals surface area (Å²) in [6.07, 6.45) is 5.29. The van der Waals surface area contributed by atoms with Gasteiger partial charge in [0.05, 0.1) is 12.2 Å². The molecule has 0 spiro atoms. The summed E-state index contributed by atoms with van der Waals surface area (Å²) in [7, 11) is 0. The highest BCUT2D eigenvalue weighted by Gasteiger charge is 2.32. The van der Waals surface area contributed by atoms with Crippen LogP contribution in [-0.4, -0.2) is 88.6 Å². The maximum absolute atomic E-state index is 13.4. The Kier molecular flexibility index (Phi) is 6.32. The number of benzene rings is 1. The minimum absolute atomic E-state index is 0.0526. The number of piperazine rings is 1. The number of carbonyl (C=O) groups is 2. The summed E-state index contributed by atoms with van der Waals surface area (Å²) < 4.78 is 5.11. The van der Waals surface area contributed by atoms with Crippen LogP contribution in [0.1, 0.15) is 30.1 Å². The van der Waals surface area contributed by atoms with Gasteiger partial charge in [-0.05, 0) is 25.8 Å². The third kappa shape index (κ3) is 4.33. The van der Waals surface area contributed by atoms with Crippen molar-refractivity contribution < 1.29 is 14.3 Å². The minimum Gasteiger partial charge on any atom is -0.450 e. The third-order valence-electron chi connectivity index (χ3n) is 5.95. The smallest absolute Gasteiger partial charge is 0.409 e. The van der Waals surface area contributed by atoms with E-state index in [0.717, 1.165) is 38.0 Å². The Morgan fingerprint density at radius 2 is 1.93 bits per heavy atom. The number of ether oxygens (including phenoxy) is 1. The number of piperidine rings is 1. The molecule has 1 aromatic heterocycles. The fraction of sp³-hybridized carbons (Fsp3) is 0.500. The lowest BCUT2D eigenvalue weighted by Gasteiger charge is -2.43. The number of carbonyl (C=O) groups excluding carboxylic acids is 2. The van der Waals surface area contributed by atoms with Crippen molar-refractivity contribution in [3.63, 3.8) is 0 Å². The van der Waals surface area contributed by atoms with Gasteiger partial charge in [0, 0.05) is 63.3 Å². The Hall–Kier alpha value is -2.87. The van der Waals surface area contributed by atoms with E-state index >= 15 is 0 Å². The lowest BCUT2D eigenvalue weighted by Crippen LogP contribution is -2.56. The number of imidazole rings is 1. The molecule has 8 heteroatoms. The Morgan fingerprint density at radius 1 is 1.13 bits per heavy atom. The lowest BCUT2D eigenvalue weighted by atomic mass is 10.00. The number of nitrogens with one attached hydrogen (secondary N) is 1. The zero-order valence-corrected chi connectivity index (χ0v) is 17.4. The van der Waals surface area contributed by atoms with Crippen LogP contribution < -0.4 is 0 Å². The molecule has 3 heterocycles. The second-order valence-corrected chi connectivity index (χ2v) is 7.75. The van der Waals surface area contributed by atoms with Crippen LogP contribution in [0.15, 0.2) is 36.7 Å². The summed E-state index contributed by atoms with van der Waals surface area (Å²) in [5, 5.41) is 0. The summed E-state index contributed by atoms with van der Waals surface area (Å²) in [5.41, 5.74) is 1.51. The zero-order chi connectivity index (χ0) is 20.9. The fourth-order valence-corrected chi connectivity index (χ4v) is 4.38. The Labute approximate surface area is 176 Å². The van der Waals surface area contributed by atoms with Gasteiger partial charge in [0.15, 0.2) is 0 Å². The van der Waals surface area contributed by atoms with E-state index < -0.39 is 0 Å². The largest absolute Gasteiger partial charge is 0.450 e. The number of H-pyrrole nitrogens is 1. The average Bonchev–Trinajstić information content (AvgIpc) is 3.34. The molecule has 0 radical (unpaired) electrons. The van der Waals surface area contributed by atoms with Gasteiger partial charge < -0.3 is 19.5 Å². The van der Waals surface area contributed by atoms with Crippen LogP contribution in [0.25, 0.3) is 11.4 Å². The van der Waals surface area contributed by atoms with E-state index in [1.54, 1.807) is 17.3 Å². The number of hydrogen-bond donors (Lipinski definition) is 1. The number of aromatic nitrogens is 2. The molecule has 4 rings (SSSR count). The molecule has 1 unspecified atom stereocenters. The van der Waals surface area contributed by atoms with E-state index in [2.05, 4.69) is 14.9 Å². The number of nitrogens with zero attached hydrogens (tertiary/aromatic N) is 4. The van der Waals surface area contributed by atoms with Crippen LogP contribution in [0.4, 0.5) is 4.79 Å². The number of amides is 2. The van der Waals surface area contributed by atoms with Crippen LogP contribution in [0, 0.1) is 0 Å². The second kappa shape index (κ2) is 9.30. The van der Waals surface area contributed by atoms with Gasteiger partial charge >= 0.3 is 6.09 Å². The van der Waals surface area contributed by atoms with Crippen LogP contribution in [0.3, 0.4) is 0 Å². The molecule has 30 heavy (non-hydrogen) atoms. The molecule has 0 bridgehead atoms. The minimum atomic E-state index is -0.230. The summed E-state index contributed by atoms with van der Waals surface area (Å²) in [5.74, 6) is 0.763. The van der Waals surface area contributed by atoms with E-state index in [4.69, 9.17) is 4.74 Å².